The van der Waals surface area contributed by atoms with Gasteiger partial charge in [0.15, 0.2) is 6.04 Å². The van der Waals surface area contributed by atoms with Crippen molar-refractivity contribution in [1.29, 1.82) is 0 Å². The first kappa shape index (κ1) is 14.5. The van der Waals surface area contributed by atoms with Crippen LogP contribution < -0.4 is 0 Å². The molecule has 0 saturated carbocycles. The van der Waals surface area contributed by atoms with Crippen LogP contribution in [0.25, 0.3) is 0 Å². The highest BCUT2D eigenvalue weighted by Gasteiger charge is 2.62. The summed E-state index contributed by atoms with van der Waals surface area (Å²) >= 11 is 0. The third-order valence-corrected chi connectivity index (χ3v) is 2.73. The predicted molar refractivity (Wildman–Crippen MR) is 62.7 cm³/mol. The molecule has 1 heterocycles. The Morgan fingerprint density at radius 1 is 1.28 bits per heavy atom. The lowest BCUT2D eigenvalue weighted by atomic mass is 9.74. The minimum atomic E-state index is -0.940. The molecule has 0 aromatic carbocycles. The summed E-state index contributed by atoms with van der Waals surface area (Å²) in [4.78, 5) is 36.1. The molecule has 0 aliphatic carbocycles. The maximum atomic E-state index is 11.9. The molecule has 1 saturated heterocycles. The van der Waals surface area contributed by atoms with Crippen molar-refractivity contribution >= 4 is 18.0 Å². The first-order valence-corrected chi connectivity index (χ1v) is 5.67. The van der Waals surface area contributed by atoms with E-state index < -0.39 is 35.0 Å². The second kappa shape index (κ2) is 4.26. The number of amides is 2. The fourth-order valence-electron chi connectivity index (χ4n) is 1.81. The third kappa shape index (κ3) is 2.32. The van der Waals surface area contributed by atoms with E-state index in [4.69, 9.17) is 4.74 Å². The Balaban J connectivity index is 2.92. The van der Waals surface area contributed by atoms with Crippen molar-refractivity contribution in [2.24, 2.45) is 5.41 Å². The van der Waals surface area contributed by atoms with E-state index in [9.17, 15) is 14.4 Å². The van der Waals surface area contributed by atoms with Crippen LogP contribution in [0.3, 0.4) is 0 Å². The summed E-state index contributed by atoms with van der Waals surface area (Å²) in [5.74, 6) is -1.06. The highest BCUT2D eigenvalue weighted by Crippen LogP contribution is 2.40. The second-order valence-corrected chi connectivity index (χ2v) is 5.80. The molecule has 0 N–H and O–H groups in total. The highest BCUT2D eigenvalue weighted by atomic mass is 16.6. The summed E-state index contributed by atoms with van der Waals surface area (Å²) in [7, 11) is 1.22. The van der Waals surface area contributed by atoms with Gasteiger partial charge in [-0.25, -0.2) is 14.5 Å². The van der Waals surface area contributed by atoms with Crippen LogP contribution in [0.5, 0.6) is 0 Å². The number of likely N-dealkylation sites (tertiary alicyclic amines) is 1. The number of carbonyl (C=O) groups is 3. The van der Waals surface area contributed by atoms with Gasteiger partial charge < -0.3 is 9.47 Å². The molecule has 1 unspecified atom stereocenters. The monoisotopic (exact) mass is 257 g/mol. The number of methoxy groups -OCH3 is 1. The topological polar surface area (TPSA) is 72.9 Å². The van der Waals surface area contributed by atoms with Crippen LogP contribution in [0.15, 0.2) is 0 Å². The van der Waals surface area contributed by atoms with Crippen molar-refractivity contribution in [3.05, 3.63) is 0 Å². The Hall–Kier alpha value is -1.59. The van der Waals surface area contributed by atoms with Crippen LogP contribution in [0.1, 0.15) is 34.6 Å². The van der Waals surface area contributed by atoms with Gasteiger partial charge >= 0.3 is 12.1 Å². The van der Waals surface area contributed by atoms with Crippen LogP contribution in [0.2, 0.25) is 0 Å². The minimum absolute atomic E-state index is 0.438. The van der Waals surface area contributed by atoms with Crippen molar-refractivity contribution in [3.63, 3.8) is 0 Å². The third-order valence-electron chi connectivity index (χ3n) is 2.73. The summed E-state index contributed by atoms with van der Waals surface area (Å²) in [5.41, 5.74) is -1.66. The van der Waals surface area contributed by atoms with Crippen LogP contribution in [-0.2, 0) is 19.1 Å². The number of rotatable bonds is 1. The second-order valence-electron chi connectivity index (χ2n) is 5.80. The molecule has 18 heavy (non-hydrogen) atoms. The van der Waals surface area contributed by atoms with Crippen LogP contribution >= 0.6 is 0 Å². The number of nitrogens with zero attached hydrogens (tertiary/aromatic N) is 1. The van der Waals surface area contributed by atoms with Crippen molar-refractivity contribution in [3.8, 4) is 0 Å². The quantitative estimate of drug-likeness (QED) is 0.523. The molecule has 0 aromatic heterocycles. The molecule has 1 fully saturated rings. The molecule has 1 rings (SSSR count). The first-order chi connectivity index (χ1) is 8.02. The normalized spacial score (nSPS) is 22.2. The zero-order chi connectivity index (χ0) is 14.3. The summed E-state index contributed by atoms with van der Waals surface area (Å²) in [5, 5.41) is 0. The number of hydrogen-bond acceptors (Lipinski definition) is 5. The summed E-state index contributed by atoms with van der Waals surface area (Å²) in [6, 6.07) is -0.926. The van der Waals surface area contributed by atoms with Crippen molar-refractivity contribution < 1.29 is 23.9 Å². The standard InChI is InChI=1S/C12H19NO5/c1-11(2,3)18-10(16)13-7(8(14)17-6)12(4,5)9(13)15/h7H,1-6H3. The van der Waals surface area contributed by atoms with E-state index in [-0.39, 0.29) is 0 Å². The Kier molecular flexibility index (Phi) is 3.42. The molecular weight excluding hydrogens is 238 g/mol. The fourth-order valence-corrected chi connectivity index (χ4v) is 1.81. The maximum absolute atomic E-state index is 11.9. The zero-order valence-electron chi connectivity index (χ0n) is 11.6. The van der Waals surface area contributed by atoms with E-state index in [2.05, 4.69) is 4.74 Å². The number of β-lactam (4-membered cyclic amide) rings is 1. The van der Waals surface area contributed by atoms with Gasteiger partial charge in [0.1, 0.15) is 5.60 Å². The number of carbonyl (C=O) groups excluding carboxylic acids is 3. The molecule has 6 nitrogen and oxygen atoms in total. The van der Waals surface area contributed by atoms with Gasteiger partial charge in [0.25, 0.3) is 0 Å². The Morgan fingerprint density at radius 2 is 1.78 bits per heavy atom. The highest BCUT2D eigenvalue weighted by molar-refractivity contribution is 6.08. The van der Waals surface area contributed by atoms with E-state index >= 15 is 0 Å². The van der Waals surface area contributed by atoms with E-state index in [1.165, 1.54) is 7.11 Å². The molecule has 0 bridgehead atoms. The minimum Gasteiger partial charge on any atom is -0.467 e. The molecule has 102 valence electrons. The average Bonchev–Trinajstić information content (AvgIpc) is 2.20. The number of ether oxygens (including phenoxy) is 2. The van der Waals surface area contributed by atoms with Crippen molar-refractivity contribution in [2.75, 3.05) is 7.11 Å². The Labute approximate surface area is 106 Å². The SMILES string of the molecule is COC(=O)C1N(C(=O)OC(C)(C)C)C(=O)C1(C)C. The molecular formula is C12H19NO5. The summed E-state index contributed by atoms with van der Waals surface area (Å²) < 4.78 is 9.70. The molecule has 1 atom stereocenters. The van der Waals surface area contributed by atoms with Gasteiger partial charge in [0, 0.05) is 0 Å². The summed E-state index contributed by atoms with van der Waals surface area (Å²) in [6.07, 6.45) is -0.817. The van der Waals surface area contributed by atoms with Gasteiger partial charge in [-0.05, 0) is 34.6 Å². The molecule has 6 heteroatoms. The van der Waals surface area contributed by atoms with Gasteiger partial charge in [0.05, 0.1) is 12.5 Å². The van der Waals surface area contributed by atoms with E-state index in [0.717, 1.165) is 4.90 Å². The fraction of sp³-hybridized carbons (Fsp3) is 0.750. The first-order valence-electron chi connectivity index (χ1n) is 5.67. The van der Waals surface area contributed by atoms with Crippen LogP contribution in [0.4, 0.5) is 4.79 Å². The summed E-state index contributed by atoms with van der Waals surface area (Å²) in [6.45, 7) is 8.25. The van der Waals surface area contributed by atoms with Gasteiger partial charge in [-0.3, -0.25) is 4.79 Å². The molecule has 2 amide bonds. The smallest absolute Gasteiger partial charge is 0.417 e. The number of imide groups is 1. The average molecular weight is 257 g/mol. The number of esters is 1. The molecule has 0 spiro atoms. The predicted octanol–water partition coefficient (Wildman–Crippen LogP) is 1.33. The van der Waals surface area contributed by atoms with Crippen molar-refractivity contribution in [2.45, 2.75) is 46.3 Å². The lowest BCUT2D eigenvalue weighted by Gasteiger charge is -2.48. The molecule has 0 radical (unpaired) electrons. The lowest BCUT2D eigenvalue weighted by molar-refractivity contribution is -0.179. The molecule has 0 aromatic rings. The lowest BCUT2D eigenvalue weighted by Crippen LogP contribution is -2.71. The largest absolute Gasteiger partial charge is 0.467 e. The van der Waals surface area contributed by atoms with Gasteiger partial charge in [0.2, 0.25) is 5.91 Å². The van der Waals surface area contributed by atoms with E-state index in [0.29, 0.717) is 0 Å². The zero-order valence-corrected chi connectivity index (χ0v) is 11.6. The Morgan fingerprint density at radius 3 is 2.17 bits per heavy atom. The van der Waals surface area contributed by atoms with E-state index in [1.54, 1.807) is 34.6 Å². The molecule has 1 aliphatic heterocycles. The van der Waals surface area contributed by atoms with Crippen molar-refractivity contribution in [1.82, 2.24) is 4.90 Å². The van der Waals surface area contributed by atoms with Gasteiger partial charge in [-0.1, -0.05) is 0 Å². The van der Waals surface area contributed by atoms with Crippen LogP contribution in [0, 0.1) is 5.41 Å². The molecule has 1 aliphatic rings. The number of hydrogen-bond donors (Lipinski definition) is 0. The maximum Gasteiger partial charge on any atom is 0.417 e. The van der Waals surface area contributed by atoms with Gasteiger partial charge in [-0.2, -0.15) is 0 Å². The van der Waals surface area contributed by atoms with E-state index in [1.807, 2.05) is 0 Å². The van der Waals surface area contributed by atoms with Crippen LogP contribution in [-0.4, -0.2) is 41.6 Å². The van der Waals surface area contributed by atoms with Gasteiger partial charge in [-0.15, -0.1) is 0 Å². The Bertz CT molecular complexity index is 394.